The van der Waals surface area contributed by atoms with Crippen LogP contribution in [0.2, 0.25) is 0 Å². The van der Waals surface area contributed by atoms with E-state index in [1.165, 1.54) is 11.1 Å². The SMILES string of the molecule is O=C(O)NC1CNC(C(=O)N(C=CC(=O)NS(=O)(=O)C2CC2)C2CC2)C1. The molecule has 144 valence electrons. The fraction of sp³-hybridized carbons (Fsp3) is 0.667. The molecule has 0 bridgehead atoms. The zero-order chi connectivity index (χ0) is 18.9. The highest BCUT2D eigenvalue weighted by Crippen LogP contribution is 2.29. The van der Waals surface area contributed by atoms with Crippen LogP contribution in [0.15, 0.2) is 12.3 Å². The van der Waals surface area contributed by atoms with E-state index < -0.39 is 33.3 Å². The van der Waals surface area contributed by atoms with Gasteiger partial charge in [0.05, 0.1) is 11.3 Å². The fourth-order valence-corrected chi connectivity index (χ4v) is 4.17. The van der Waals surface area contributed by atoms with Crippen molar-refractivity contribution >= 4 is 27.9 Å². The first kappa shape index (κ1) is 18.6. The molecule has 11 heteroatoms. The number of sulfonamides is 1. The van der Waals surface area contributed by atoms with Crippen LogP contribution in [0.3, 0.4) is 0 Å². The summed E-state index contributed by atoms with van der Waals surface area (Å²) in [6, 6.07) is -0.909. The van der Waals surface area contributed by atoms with Crippen LogP contribution in [0, 0.1) is 0 Å². The first-order chi connectivity index (χ1) is 12.3. The van der Waals surface area contributed by atoms with E-state index in [9.17, 15) is 22.8 Å². The highest BCUT2D eigenvalue weighted by Gasteiger charge is 2.39. The molecule has 1 saturated heterocycles. The minimum Gasteiger partial charge on any atom is -0.465 e. The van der Waals surface area contributed by atoms with Gasteiger partial charge < -0.3 is 20.6 Å². The van der Waals surface area contributed by atoms with Crippen molar-refractivity contribution in [3.8, 4) is 0 Å². The highest BCUT2D eigenvalue weighted by atomic mass is 32.2. The van der Waals surface area contributed by atoms with E-state index in [2.05, 4.69) is 10.6 Å². The number of nitrogens with zero attached hydrogens (tertiary/aromatic N) is 1. The number of hydrogen-bond acceptors (Lipinski definition) is 6. The predicted molar refractivity (Wildman–Crippen MR) is 90.4 cm³/mol. The van der Waals surface area contributed by atoms with E-state index in [-0.39, 0.29) is 18.0 Å². The zero-order valence-electron chi connectivity index (χ0n) is 14.1. The molecule has 2 aliphatic carbocycles. The van der Waals surface area contributed by atoms with E-state index in [1.54, 1.807) is 0 Å². The van der Waals surface area contributed by atoms with Gasteiger partial charge in [-0.15, -0.1) is 0 Å². The molecule has 0 aromatic heterocycles. The second-order valence-corrected chi connectivity index (χ2v) is 8.81. The lowest BCUT2D eigenvalue weighted by molar-refractivity contribution is -0.130. The lowest BCUT2D eigenvalue weighted by Gasteiger charge is -2.22. The van der Waals surface area contributed by atoms with Gasteiger partial charge in [-0.25, -0.2) is 17.9 Å². The molecule has 0 spiro atoms. The number of carbonyl (C=O) groups is 3. The fourth-order valence-electron chi connectivity index (χ4n) is 2.90. The van der Waals surface area contributed by atoms with Crippen LogP contribution in [-0.4, -0.2) is 66.3 Å². The van der Waals surface area contributed by atoms with Gasteiger partial charge in [-0.05, 0) is 32.1 Å². The van der Waals surface area contributed by atoms with Crippen LogP contribution in [0.25, 0.3) is 0 Å². The minimum absolute atomic E-state index is 0.0140. The number of nitrogens with one attached hydrogen (secondary N) is 3. The van der Waals surface area contributed by atoms with Gasteiger partial charge >= 0.3 is 6.09 Å². The molecule has 0 aromatic carbocycles. The predicted octanol–water partition coefficient (Wildman–Crippen LogP) is -0.902. The van der Waals surface area contributed by atoms with Crippen LogP contribution in [0.1, 0.15) is 32.1 Å². The van der Waals surface area contributed by atoms with Gasteiger partial charge in [0.2, 0.25) is 15.9 Å². The maximum absolute atomic E-state index is 12.7. The topological polar surface area (TPSA) is 145 Å². The average Bonchev–Trinajstić information content (AvgIpc) is 3.44. The van der Waals surface area contributed by atoms with E-state index in [4.69, 9.17) is 5.11 Å². The normalized spacial score (nSPS) is 25.8. The average molecular weight is 386 g/mol. The second-order valence-electron chi connectivity index (χ2n) is 6.85. The van der Waals surface area contributed by atoms with Crippen molar-refractivity contribution in [2.75, 3.05) is 6.54 Å². The third-order valence-corrected chi connectivity index (χ3v) is 6.38. The lowest BCUT2D eigenvalue weighted by Crippen LogP contribution is -2.42. The van der Waals surface area contributed by atoms with Crippen LogP contribution < -0.4 is 15.4 Å². The Kier molecular flexibility index (Phi) is 5.19. The minimum atomic E-state index is -3.62. The van der Waals surface area contributed by atoms with Crippen molar-refractivity contribution in [2.24, 2.45) is 0 Å². The summed E-state index contributed by atoms with van der Waals surface area (Å²) in [6.45, 7) is 0.352. The van der Waals surface area contributed by atoms with Gasteiger partial charge in [0.25, 0.3) is 5.91 Å². The van der Waals surface area contributed by atoms with Crippen molar-refractivity contribution in [2.45, 2.75) is 55.5 Å². The van der Waals surface area contributed by atoms with Crippen LogP contribution >= 0.6 is 0 Å². The first-order valence-corrected chi connectivity index (χ1v) is 10.1. The quantitative estimate of drug-likeness (QED) is 0.415. The Balaban J connectivity index is 1.58. The van der Waals surface area contributed by atoms with Crippen molar-refractivity contribution in [3.05, 3.63) is 12.3 Å². The van der Waals surface area contributed by atoms with Crippen LogP contribution in [0.4, 0.5) is 4.79 Å². The molecule has 1 aliphatic heterocycles. The maximum atomic E-state index is 12.7. The Morgan fingerprint density at radius 2 is 1.85 bits per heavy atom. The first-order valence-electron chi connectivity index (χ1n) is 8.55. The molecule has 2 atom stereocenters. The summed E-state index contributed by atoms with van der Waals surface area (Å²) in [4.78, 5) is 36.6. The Hall–Kier alpha value is -2.14. The van der Waals surface area contributed by atoms with E-state index in [1.807, 2.05) is 4.72 Å². The Morgan fingerprint density at radius 1 is 1.15 bits per heavy atom. The molecule has 0 radical (unpaired) electrons. The molecule has 3 amide bonds. The highest BCUT2D eigenvalue weighted by molar-refractivity contribution is 7.91. The number of amides is 3. The molecule has 0 aromatic rings. The third kappa shape index (κ3) is 4.73. The van der Waals surface area contributed by atoms with Crippen molar-refractivity contribution in [3.63, 3.8) is 0 Å². The van der Waals surface area contributed by atoms with Crippen LogP contribution in [0.5, 0.6) is 0 Å². The van der Waals surface area contributed by atoms with E-state index in [0.29, 0.717) is 25.8 Å². The number of hydrogen-bond donors (Lipinski definition) is 4. The molecule has 10 nitrogen and oxygen atoms in total. The number of carboxylic acid groups (broad SMARTS) is 1. The standard InChI is InChI=1S/C15H22N4O6S/c20-13(18-26(24,25)11-3-4-11)5-6-19(10-1-2-10)14(21)12-7-9(8-16-12)17-15(22)23/h5-6,9-12,16-17H,1-4,7-8H2,(H,18,20)(H,22,23). The van der Waals surface area contributed by atoms with Gasteiger partial charge in [0.15, 0.2) is 0 Å². The van der Waals surface area contributed by atoms with Crippen molar-refractivity contribution in [1.29, 1.82) is 0 Å². The summed E-state index contributed by atoms with van der Waals surface area (Å²) in [5.41, 5.74) is 0. The molecule has 4 N–H and O–H groups in total. The van der Waals surface area contributed by atoms with Gasteiger partial charge in [0, 0.05) is 30.9 Å². The summed E-state index contributed by atoms with van der Waals surface area (Å²) < 4.78 is 25.5. The third-order valence-electron chi connectivity index (χ3n) is 4.54. The molecular weight excluding hydrogens is 364 g/mol. The Labute approximate surface area is 151 Å². The maximum Gasteiger partial charge on any atom is 0.404 e. The van der Waals surface area contributed by atoms with Gasteiger partial charge in [-0.1, -0.05) is 0 Å². The second kappa shape index (κ2) is 7.23. The Bertz CT molecular complexity index is 728. The summed E-state index contributed by atoms with van der Waals surface area (Å²) in [5, 5.41) is 13.6. The summed E-state index contributed by atoms with van der Waals surface area (Å²) in [7, 11) is -3.62. The Morgan fingerprint density at radius 3 is 2.42 bits per heavy atom. The van der Waals surface area contributed by atoms with Crippen LogP contribution in [-0.2, 0) is 19.6 Å². The summed E-state index contributed by atoms with van der Waals surface area (Å²) in [6.07, 6.45) is 4.27. The number of rotatable bonds is 7. The molecule has 26 heavy (non-hydrogen) atoms. The lowest BCUT2D eigenvalue weighted by atomic mass is 10.1. The van der Waals surface area contributed by atoms with Gasteiger partial charge in [-0.3, -0.25) is 9.59 Å². The summed E-state index contributed by atoms with van der Waals surface area (Å²) in [5.74, 6) is -1.03. The summed E-state index contributed by atoms with van der Waals surface area (Å²) >= 11 is 0. The van der Waals surface area contributed by atoms with Gasteiger partial charge in [-0.2, -0.15) is 0 Å². The van der Waals surface area contributed by atoms with Crippen molar-refractivity contribution < 1.29 is 27.9 Å². The molecule has 2 unspecified atom stereocenters. The van der Waals surface area contributed by atoms with Gasteiger partial charge in [0.1, 0.15) is 0 Å². The number of carbonyl (C=O) groups excluding carboxylic acids is 2. The molecule has 3 aliphatic rings. The molecule has 3 rings (SSSR count). The molecule has 1 heterocycles. The largest absolute Gasteiger partial charge is 0.465 e. The van der Waals surface area contributed by atoms with E-state index >= 15 is 0 Å². The molecule has 3 fully saturated rings. The van der Waals surface area contributed by atoms with E-state index in [0.717, 1.165) is 18.9 Å². The smallest absolute Gasteiger partial charge is 0.404 e. The zero-order valence-corrected chi connectivity index (χ0v) is 14.9. The van der Waals surface area contributed by atoms with Crippen molar-refractivity contribution in [1.82, 2.24) is 20.3 Å². The molecular formula is C15H22N4O6S. The molecule has 2 saturated carbocycles. The monoisotopic (exact) mass is 386 g/mol.